The Morgan fingerprint density at radius 3 is 2.76 bits per heavy atom. The number of alkyl halides is 1. The number of rotatable bonds is 6. The van der Waals surface area contributed by atoms with Gasteiger partial charge in [0.1, 0.15) is 0 Å². The molecule has 3 nitrogen and oxygen atoms in total. The van der Waals surface area contributed by atoms with Crippen LogP contribution in [-0.2, 0) is 11.2 Å². The number of aliphatic carboxylic acids is 1. The Kier molecular flexibility index (Phi) is 5.82. The van der Waals surface area contributed by atoms with Crippen molar-refractivity contribution in [2.75, 3.05) is 12.1 Å². The fourth-order valence-corrected chi connectivity index (χ4v) is 2.32. The van der Waals surface area contributed by atoms with E-state index in [9.17, 15) is 9.90 Å². The van der Waals surface area contributed by atoms with E-state index in [0.29, 0.717) is 11.4 Å². The molecule has 0 aromatic heterocycles. The second kappa shape index (κ2) is 6.89. The van der Waals surface area contributed by atoms with E-state index >= 15 is 0 Å². The minimum absolute atomic E-state index is 0.417. The number of thioether (sulfide) groups is 1. The third-order valence-corrected chi connectivity index (χ3v) is 3.54. The number of carboxylic acids is 1. The molecular formula is C12H15ClO3S. The maximum Gasteiger partial charge on any atom is 0.337 e. The van der Waals surface area contributed by atoms with Crippen LogP contribution in [0.5, 0.6) is 0 Å². The minimum atomic E-state index is -1.46. The summed E-state index contributed by atoms with van der Waals surface area (Å²) in [5, 5.41) is 18.2. The molecule has 1 unspecified atom stereocenters. The average molecular weight is 275 g/mol. The lowest BCUT2D eigenvalue weighted by Crippen LogP contribution is -2.10. The lowest BCUT2D eigenvalue weighted by molar-refractivity contribution is -0.146. The number of hydrogen-bond donors (Lipinski definition) is 2. The number of benzene rings is 1. The molecule has 0 aliphatic carbocycles. The molecule has 0 saturated heterocycles. The summed E-state index contributed by atoms with van der Waals surface area (Å²) in [4.78, 5) is 11.8. The number of carbonyl (C=O) groups is 1. The molecule has 0 heterocycles. The first-order valence-electron chi connectivity index (χ1n) is 5.23. The van der Waals surface area contributed by atoms with E-state index in [2.05, 4.69) is 0 Å². The van der Waals surface area contributed by atoms with Crippen LogP contribution in [0.1, 0.15) is 23.7 Å². The van der Waals surface area contributed by atoms with Gasteiger partial charge in [-0.05, 0) is 36.3 Å². The lowest BCUT2D eigenvalue weighted by Gasteiger charge is -2.11. The van der Waals surface area contributed by atoms with E-state index in [0.717, 1.165) is 23.3 Å². The summed E-state index contributed by atoms with van der Waals surface area (Å²) in [6.07, 6.45) is 2.13. The van der Waals surface area contributed by atoms with E-state index in [1.54, 1.807) is 23.9 Å². The average Bonchev–Trinajstić information content (AvgIpc) is 2.34. The Balaban J connectivity index is 2.99. The summed E-state index contributed by atoms with van der Waals surface area (Å²) in [5.41, 5.74) is 1.45. The van der Waals surface area contributed by atoms with Crippen molar-refractivity contribution in [1.29, 1.82) is 0 Å². The predicted octanol–water partition coefficient (Wildman–Crippen LogP) is 2.70. The minimum Gasteiger partial charge on any atom is -0.479 e. The van der Waals surface area contributed by atoms with Crippen LogP contribution in [0.3, 0.4) is 0 Å². The molecule has 0 aliphatic rings. The highest BCUT2D eigenvalue weighted by Crippen LogP contribution is 2.25. The molecule has 0 fully saturated rings. The van der Waals surface area contributed by atoms with Gasteiger partial charge >= 0.3 is 5.97 Å². The van der Waals surface area contributed by atoms with Gasteiger partial charge in [0.25, 0.3) is 0 Å². The van der Waals surface area contributed by atoms with Crippen LogP contribution < -0.4 is 0 Å². The zero-order valence-corrected chi connectivity index (χ0v) is 11.1. The molecule has 17 heavy (non-hydrogen) atoms. The second-order valence-corrected chi connectivity index (χ2v) is 4.83. The van der Waals surface area contributed by atoms with Crippen LogP contribution in [0.25, 0.3) is 0 Å². The number of aliphatic hydroxyl groups is 1. The molecule has 1 atom stereocenters. The van der Waals surface area contributed by atoms with Crippen molar-refractivity contribution in [2.24, 2.45) is 0 Å². The third kappa shape index (κ3) is 3.91. The molecule has 1 aromatic rings. The normalized spacial score (nSPS) is 12.4. The SMILES string of the molecule is CSc1ccc(C(O)C(=O)O)cc1CCCCl. The lowest BCUT2D eigenvalue weighted by atomic mass is 10.0. The molecule has 1 rings (SSSR count). The molecule has 0 saturated carbocycles. The van der Waals surface area contributed by atoms with Gasteiger partial charge < -0.3 is 10.2 Å². The molecule has 0 radical (unpaired) electrons. The Hall–Kier alpha value is -0.710. The van der Waals surface area contributed by atoms with Gasteiger partial charge in [-0.25, -0.2) is 4.79 Å². The zero-order valence-electron chi connectivity index (χ0n) is 9.52. The topological polar surface area (TPSA) is 57.5 Å². The van der Waals surface area contributed by atoms with Crippen molar-refractivity contribution in [3.8, 4) is 0 Å². The van der Waals surface area contributed by atoms with E-state index in [1.165, 1.54) is 0 Å². The summed E-state index contributed by atoms with van der Waals surface area (Å²) in [5.74, 6) is -0.662. The van der Waals surface area contributed by atoms with E-state index in [4.69, 9.17) is 16.7 Å². The first-order valence-corrected chi connectivity index (χ1v) is 6.99. The molecule has 0 amide bonds. The van der Waals surface area contributed by atoms with Gasteiger partial charge in [-0.15, -0.1) is 23.4 Å². The Labute approximate surface area is 110 Å². The van der Waals surface area contributed by atoms with Crippen molar-refractivity contribution in [2.45, 2.75) is 23.8 Å². The predicted molar refractivity (Wildman–Crippen MR) is 69.9 cm³/mol. The van der Waals surface area contributed by atoms with Gasteiger partial charge in [0.05, 0.1) is 0 Å². The Bertz CT molecular complexity index is 395. The van der Waals surface area contributed by atoms with E-state index in [1.807, 2.05) is 12.3 Å². The Morgan fingerprint density at radius 1 is 1.53 bits per heavy atom. The number of aryl methyl sites for hydroxylation is 1. The largest absolute Gasteiger partial charge is 0.479 e. The van der Waals surface area contributed by atoms with Gasteiger partial charge in [0, 0.05) is 10.8 Å². The van der Waals surface area contributed by atoms with Gasteiger partial charge in [-0.3, -0.25) is 0 Å². The number of hydrogen-bond acceptors (Lipinski definition) is 3. The van der Waals surface area contributed by atoms with Crippen molar-refractivity contribution < 1.29 is 15.0 Å². The molecule has 0 spiro atoms. The molecule has 94 valence electrons. The fourth-order valence-electron chi connectivity index (χ4n) is 1.56. The third-order valence-electron chi connectivity index (χ3n) is 2.43. The maximum atomic E-state index is 10.7. The highest BCUT2D eigenvalue weighted by atomic mass is 35.5. The van der Waals surface area contributed by atoms with Crippen molar-refractivity contribution >= 4 is 29.3 Å². The van der Waals surface area contributed by atoms with E-state index < -0.39 is 12.1 Å². The van der Waals surface area contributed by atoms with Crippen molar-refractivity contribution in [1.82, 2.24) is 0 Å². The maximum absolute atomic E-state index is 10.7. The van der Waals surface area contributed by atoms with Gasteiger partial charge in [0.15, 0.2) is 6.10 Å². The Morgan fingerprint density at radius 2 is 2.24 bits per heavy atom. The molecule has 1 aromatic carbocycles. The standard InChI is InChI=1S/C12H15ClO3S/c1-17-10-5-4-9(11(14)12(15)16)7-8(10)3-2-6-13/h4-5,7,11,14H,2-3,6H2,1H3,(H,15,16). The summed E-state index contributed by atoms with van der Waals surface area (Å²) < 4.78 is 0. The summed E-state index contributed by atoms with van der Waals surface area (Å²) in [7, 11) is 0. The number of aliphatic hydroxyl groups excluding tert-OH is 1. The summed E-state index contributed by atoms with van der Waals surface area (Å²) >= 11 is 7.25. The van der Waals surface area contributed by atoms with Gasteiger partial charge in [-0.1, -0.05) is 12.1 Å². The van der Waals surface area contributed by atoms with Crippen LogP contribution in [0.2, 0.25) is 0 Å². The first-order chi connectivity index (χ1) is 8.10. The van der Waals surface area contributed by atoms with Crippen LogP contribution >= 0.6 is 23.4 Å². The summed E-state index contributed by atoms with van der Waals surface area (Å²) in [6.45, 7) is 0. The van der Waals surface area contributed by atoms with Gasteiger partial charge in [0.2, 0.25) is 0 Å². The molecular weight excluding hydrogens is 260 g/mol. The highest BCUT2D eigenvalue weighted by Gasteiger charge is 2.17. The van der Waals surface area contributed by atoms with Crippen molar-refractivity contribution in [3.05, 3.63) is 29.3 Å². The number of halogens is 1. The fraction of sp³-hybridized carbons (Fsp3) is 0.417. The van der Waals surface area contributed by atoms with Crippen LogP contribution in [0.15, 0.2) is 23.1 Å². The second-order valence-electron chi connectivity index (χ2n) is 3.60. The first kappa shape index (κ1) is 14.4. The molecule has 5 heteroatoms. The van der Waals surface area contributed by atoms with Crippen LogP contribution in [0.4, 0.5) is 0 Å². The quantitative estimate of drug-likeness (QED) is 0.619. The molecule has 2 N–H and O–H groups in total. The smallest absolute Gasteiger partial charge is 0.337 e. The zero-order chi connectivity index (χ0) is 12.8. The van der Waals surface area contributed by atoms with Crippen LogP contribution in [0, 0.1) is 0 Å². The van der Waals surface area contributed by atoms with E-state index in [-0.39, 0.29) is 0 Å². The van der Waals surface area contributed by atoms with Crippen molar-refractivity contribution in [3.63, 3.8) is 0 Å². The van der Waals surface area contributed by atoms with Gasteiger partial charge in [-0.2, -0.15) is 0 Å². The molecule has 0 bridgehead atoms. The highest BCUT2D eigenvalue weighted by molar-refractivity contribution is 7.98. The number of carboxylic acid groups (broad SMARTS) is 1. The summed E-state index contributed by atoms with van der Waals surface area (Å²) in [6, 6.07) is 5.24. The van der Waals surface area contributed by atoms with Crippen LogP contribution in [-0.4, -0.2) is 28.3 Å². The monoisotopic (exact) mass is 274 g/mol. The molecule has 0 aliphatic heterocycles.